The lowest BCUT2D eigenvalue weighted by Gasteiger charge is -2.20. The van der Waals surface area contributed by atoms with Crippen molar-refractivity contribution in [3.8, 4) is 17.0 Å². The van der Waals surface area contributed by atoms with E-state index in [1.54, 1.807) is 18.2 Å². The van der Waals surface area contributed by atoms with E-state index in [0.717, 1.165) is 44.9 Å². The maximum atomic E-state index is 12.6. The van der Waals surface area contributed by atoms with E-state index in [0.29, 0.717) is 30.0 Å². The molecule has 0 saturated heterocycles. The highest BCUT2D eigenvalue weighted by Gasteiger charge is 2.29. The number of aromatic nitrogens is 1. The standard InChI is InChI=1S/C32H40F3NO5S/c1-4-31(2,3)30(38)40-21-13-11-9-7-5-6-8-10-12-20-39-27-19-16-24-22-26(29(37)41-28(24)36-27)23-14-17-25(18-15-23)42-32(33,34)35/h14-19,22H,4-13,20-21H2,1-3H3. The van der Waals surface area contributed by atoms with Crippen LogP contribution in [0.15, 0.2) is 56.6 Å². The summed E-state index contributed by atoms with van der Waals surface area (Å²) in [5, 5.41) is 0.590. The summed E-state index contributed by atoms with van der Waals surface area (Å²) in [6.07, 6.45) is 10.5. The second-order valence-electron chi connectivity index (χ2n) is 11.0. The highest BCUT2D eigenvalue weighted by molar-refractivity contribution is 8.00. The number of carbonyl (C=O) groups excluding carboxylic acids is 1. The molecule has 0 aliphatic rings. The van der Waals surface area contributed by atoms with Crippen LogP contribution in [-0.2, 0) is 9.53 Å². The molecule has 0 saturated carbocycles. The second-order valence-corrected chi connectivity index (χ2v) is 12.1. The van der Waals surface area contributed by atoms with Crippen LogP contribution in [0, 0.1) is 5.41 Å². The summed E-state index contributed by atoms with van der Waals surface area (Å²) in [6.45, 7) is 6.84. The van der Waals surface area contributed by atoms with Crippen molar-refractivity contribution >= 4 is 28.8 Å². The van der Waals surface area contributed by atoms with E-state index < -0.39 is 16.5 Å². The van der Waals surface area contributed by atoms with Gasteiger partial charge in [-0.05, 0) is 74.7 Å². The molecular formula is C32H40F3NO5S. The Morgan fingerprint density at radius 3 is 2.07 bits per heavy atom. The normalized spacial score (nSPS) is 12.0. The van der Waals surface area contributed by atoms with Gasteiger partial charge in [0.05, 0.1) is 24.2 Å². The fourth-order valence-corrected chi connectivity index (χ4v) is 4.76. The molecule has 0 spiro atoms. The van der Waals surface area contributed by atoms with Gasteiger partial charge in [0.15, 0.2) is 0 Å². The Bertz CT molecular complexity index is 1340. The molecule has 3 rings (SSSR count). The number of benzene rings is 1. The monoisotopic (exact) mass is 607 g/mol. The molecule has 0 aliphatic heterocycles. The third-order valence-electron chi connectivity index (χ3n) is 7.18. The first kappa shape index (κ1) is 33.5. The molecule has 1 aromatic carbocycles. The van der Waals surface area contributed by atoms with Crippen molar-refractivity contribution in [3.63, 3.8) is 0 Å². The van der Waals surface area contributed by atoms with Gasteiger partial charge in [-0.1, -0.05) is 64.0 Å². The SMILES string of the molecule is CCC(C)(C)C(=O)OCCCCCCCCCCCOc1ccc2cc(-c3ccc(SC(F)(F)F)cc3)c(=O)oc2n1. The number of hydrogen-bond acceptors (Lipinski definition) is 7. The average molecular weight is 608 g/mol. The topological polar surface area (TPSA) is 78.6 Å². The Morgan fingerprint density at radius 2 is 1.48 bits per heavy atom. The second kappa shape index (κ2) is 16.0. The van der Waals surface area contributed by atoms with Gasteiger partial charge in [-0.25, -0.2) is 4.79 Å². The number of unbranched alkanes of at least 4 members (excludes halogenated alkanes) is 8. The number of alkyl halides is 3. The number of nitrogens with zero attached hydrogens (tertiary/aromatic N) is 1. The van der Waals surface area contributed by atoms with Crippen molar-refractivity contribution in [2.75, 3.05) is 13.2 Å². The van der Waals surface area contributed by atoms with Crippen LogP contribution in [-0.4, -0.2) is 29.7 Å². The number of ether oxygens (including phenoxy) is 2. The van der Waals surface area contributed by atoms with Gasteiger partial charge in [0.2, 0.25) is 11.6 Å². The van der Waals surface area contributed by atoms with Crippen LogP contribution in [0.2, 0.25) is 0 Å². The first-order chi connectivity index (χ1) is 20.0. The zero-order valence-electron chi connectivity index (χ0n) is 24.6. The van der Waals surface area contributed by atoms with E-state index in [2.05, 4.69) is 4.98 Å². The summed E-state index contributed by atoms with van der Waals surface area (Å²) in [5.41, 5.74) is -4.53. The average Bonchev–Trinajstić information content (AvgIpc) is 2.94. The minimum atomic E-state index is -4.37. The molecule has 0 radical (unpaired) electrons. The number of pyridine rings is 1. The number of esters is 1. The summed E-state index contributed by atoms with van der Waals surface area (Å²) >= 11 is -0.206. The zero-order valence-corrected chi connectivity index (χ0v) is 25.4. The first-order valence-corrected chi connectivity index (χ1v) is 15.4. The number of fused-ring (bicyclic) bond motifs is 1. The van der Waals surface area contributed by atoms with Gasteiger partial charge in [0.25, 0.3) is 0 Å². The number of rotatable bonds is 17. The summed E-state index contributed by atoms with van der Waals surface area (Å²) < 4.78 is 54.2. The van der Waals surface area contributed by atoms with Crippen LogP contribution in [0.4, 0.5) is 13.2 Å². The van der Waals surface area contributed by atoms with Gasteiger partial charge >= 0.3 is 17.1 Å². The fourth-order valence-electron chi connectivity index (χ4n) is 4.22. The van der Waals surface area contributed by atoms with Crippen LogP contribution in [0.5, 0.6) is 5.88 Å². The molecule has 0 bridgehead atoms. The van der Waals surface area contributed by atoms with E-state index in [1.807, 2.05) is 20.8 Å². The van der Waals surface area contributed by atoms with Crippen molar-refractivity contribution in [3.05, 3.63) is 52.9 Å². The molecule has 230 valence electrons. The number of carbonyl (C=O) groups is 1. The summed E-state index contributed by atoms with van der Waals surface area (Å²) in [5.74, 6) is 0.262. The molecular weight excluding hydrogens is 567 g/mol. The van der Waals surface area contributed by atoms with Crippen molar-refractivity contribution in [2.24, 2.45) is 5.41 Å². The molecule has 0 N–H and O–H groups in total. The van der Waals surface area contributed by atoms with Gasteiger partial charge in [0.1, 0.15) is 0 Å². The van der Waals surface area contributed by atoms with E-state index in [9.17, 15) is 22.8 Å². The number of hydrogen-bond donors (Lipinski definition) is 0. The van der Waals surface area contributed by atoms with Crippen LogP contribution in [0.3, 0.4) is 0 Å². The predicted molar refractivity (Wildman–Crippen MR) is 160 cm³/mol. The summed E-state index contributed by atoms with van der Waals surface area (Å²) in [4.78, 5) is 28.8. The maximum absolute atomic E-state index is 12.6. The van der Waals surface area contributed by atoms with E-state index >= 15 is 0 Å². The molecule has 6 nitrogen and oxygen atoms in total. The van der Waals surface area contributed by atoms with Gasteiger partial charge in [-0.15, -0.1) is 0 Å². The van der Waals surface area contributed by atoms with E-state index in [1.165, 1.54) is 43.5 Å². The smallest absolute Gasteiger partial charge is 0.446 e. The highest BCUT2D eigenvalue weighted by atomic mass is 32.2. The van der Waals surface area contributed by atoms with Crippen molar-refractivity contribution in [1.82, 2.24) is 4.98 Å². The quantitative estimate of drug-likeness (QED) is 0.0859. The third kappa shape index (κ3) is 11.0. The lowest BCUT2D eigenvalue weighted by molar-refractivity contribution is -0.154. The third-order valence-corrected chi connectivity index (χ3v) is 7.92. The minimum absolute atomic E-state index is 0.0412. The highest BCUT2D eigenvalue weighted by Crippen LogP contribution is 2.37. The molecule has 0 fully saturated rings. The Hall–Kier alpha value is -3.01. The van der Waals surface area contributed by atoms with Gasteiger partial charge < -0.3 is 13.9 Å². The Balaban J connectivity index is 1.31. The Kier molecular flexibility index (Phi) is 12.8. The summed E-state index contributed by atoms with van der Waals surface area (Å²) in [6, 6.07) is 10.7. The van der Waals surface area contributed by atoms with E-state index in [-0.39, 0.29) is 33.9 Å². The zero-order chi connectivity index (χ0) is 30.6. The van der Waals surface area contributed by atoms with Crippen LogP contribution >= 0.6 is 11.8 Å². The van der Waals surface area contributed by atoms with Crippen LogP contribution < -0.4 is 10.4 Å². The van der Waals surface area contributed by atoms with Gasteiger partial charge in [-0.3, -0.25) is 4.79 Å². The van der Waals surface area contributed by atoms with E-state index in [4.69, 9.17) is 13.9 Å². The molecule has 42 heavy (non-hydrogen) atoms. The maximum Gasteiger partial charge on any atom is 0.446 e. The Morgan fingerprint density at radius 1 is 0.881 bits per heavy atom. The molecule has 0 amide bonds. The molecule has 0 unspecified atom stereocenters. The van der Waals surface area contributed by atoms with Crippen molar-refractivity contribution in [2.45, 2.75) is 95.4 Å². The molecule has 0 atom stereocenters. The lowest BCUT2D eigenvalue weighted by atomic mass is 9.91. The van der Waals surface area contributed by atoms with Crippen LogP contribution in [0.1, 0.15) is 85.0 Å². The molecule has 10 heteroatoms. The number of thioether (sulfide) groups is 1. The predicted octanol–water partition coefficient (Wildman–Crippen LogP) is 9.34. The van der Waals surface area contributed by atoms with Crippen molar-refractivity contribution in [1.29, 1.82) is 0 Å². The number of halogens is 3. The lowest BCUT2D eigenvalue weighted by Crippen LogP contribution is -2.26. The molecule has 0 aliphatic carbocycles. The van der Waals surface area contributed by atoms with Gasteiger partial charge in [-0.2, -0.15) is 18.2 Å². The van der Waals surface area contributed by atoms with Gasteiger partial charge in [0, 0.05) is 16.3 Å². The largest absolute Gasteiger partial charge is 0.478 e. The fraction of sp³-hybridized carbons (Fsp3) is 0.531. The molecule has 3 aromatic rings. The molecule has 2 aromatic heterocycles. The Labute approximate surface area is 249 Å². The summed E-state index contributed by atoms with van der Waals surface area (Å²) in [7, 11) is 0. The minimum Gasteiger partial charge on any atom is -0.478 e. The van der Waals surface area contributed by atoms with Crippen molar-refractivity contribution < 1.29 is 31.9 Å². The molecule has 2 heterocycles. The van der Waals surface area contributed by atoms with Crippen LogP contribution in [0.25, 0.3) is 22.2 Å². The first-order valence-electron chi connectivity index (χ1n) is 14.6.